The summed E-state index contributed by atoms with van der Waals surface area (Å²) in [6, 6.07) is 6.17. The second kappa shape index (κ2) is 4.07. The largest absolute Gasteiger partial charge is 0.398 e. The molecule has 2 N–H and O–H groups in total. The highest BCUT2D eigenvalue weighted by Crippen LogP contribution is 2.32. The fraction of sp³-hybridized carbons (Fsp3) is 0.538. The Kier molecular flexibility index (Phi) is 2.91. The zero-order valence-electron chi connectivity index (χ0n) is 10.3. The van der Waals surface area contributed by atoms with Crippen LogP contribution in [0.3, 0.4) is 0 Å². The van der Waals surface area contributed by atoms with Crippen molar-refractivity contribution in [2.24, 2.45) is 0 Å². The lowest BCUT2D eigenvalue weighted by atomic mass is 10.1. The molecule has 1 aliphatic heterocycles. The number of hydrogen-bond acceptors (Lipinski definition) is 3. The molecule has 1 aromatic carbocycles. The van der Waals surface area contributed by atoms with Crippen LogP contribution in [0.4, 0.5) is 5.69 Å². The van der Waals surface area contributed by atoms with Crippen LogP contribution in [0.2, 0.25) is 0 Å². The van der Waals surface area contributed by atoms with Crippen molar-refractivity contribution in [3.63, 3.8) is 0 Å². The molecule has 88 valence electrons. The van der Waals surface area contributed by atoms with Crippen LogP contribution in [0.5, 0.6) is 0 Å². The molecule has 0 aromatic heterocycles. The minimum Gasteiger partial charge on any atom is -0.398 e. The molecule has 0 bridgehead atoms. The topological polar surface area (TPSA) is 38.5 Å². The lowest BCUT2D eigenvalue weighted by Crippen LogP contribution is -2.43. The van der Waals surface area contributed by atoms with Gasteiger partial charge in [-0.05, 0) is 31.0 Å². The molecular formula is C13H20N2O. The Bertz CT molecular complexity index is 388. The van der Waals surface area contributed by atoms with Gasteiger partial charge in [-0.2, -0.15) is 0 Å². The van der Waals surface area contributed by atoms with Crippen molar-refractivity contribution in [3.8, 4) is 0 Å². The first-order valence-electron chi connectivity index (χ1n) is 5.65. The summed E-state index contributed by atoms with van der Waals surface area (Å²) in [5, 5.41) is 0. The highest BCUT2D eigenvalue weighted by molar-refractivity contribution is 5.52. The molecule has 3 heteroatoms. The fourth-order valence-corrected chi connectivity index (χ4v) is 2.32. The summed E-state index contributed by atoms with van der Waals surface area (Å²) in [6.45, 7) is 7.05. The Morgan fingerprint density at radius 2 is 2.12 bits per heavy atom. The van der Waals surface area contributed by atoms with Gasteiger partial charge in [0.25, 0.3) is 0 Å². The molecule has 0 saturated heterocycles. The predicted molar refractivity (Wildman–Crippen MR) is 66.1 cm³/mol. The highest BCUT2D eigenvalue weighted by Gasteiger charge is 2.32. The van der Waals surface area contributed by atoms with E-state index in [1.807, 2.05) is 12.1 Å². The molecule has 0 unspecified atom stereocenters. The van der Waals surface area contributed by atoms with Gasteiger partial charge in [0.15, 0.2) is 0 Å². The summed E-state index contributed by atoms with van der Waals surface area (Å²) in [4.78, 5) is 2.41. The molecule has 0 atom stereocenters. The van der Waals surface area contributed by atoms with Gasteiger partial charge in [0.2, 0.25) is 0 Å². The van der Waals surface area contributed by atoms with Crippen LogP contribution in [0, 0.1) is 0 Å². The molecule has 0 amide bonds. The van der Waals surface area contributed by atoms with Crippen molar-refractivity contribution in [3.05, 3.63) is 29.3 Å². The van der Waals surface area contributed by atoms with Crippen LogP contribution in [0.25, 0.3) is 0 Å². The lowest BCUT2D eigenvalue weighted by molar-refractivity contribution is 0.0310. The molecule has 1 heterocycles. The number of rotatable bonds is 3. The zero-order valence-corrected chi connectivity index (χ0v) is 10.3. The van der Waals surface area contributed by atoms with Crippen LogP contribution in [-0.4, -0.2) is 24.2 Å². The molecule has 0 spiro atoms. The van der Waals surface area contributed by atoms with Crippen molar-refractivity contribution in [1.82, 2.24) is 4.90 Å². The monoisotopic (exact) mass is 220 g/mol. The highest BCUT2D eigenvalue weighted by atomic mass is 16.5. The van der Waals surface area contributed by atoms with E-state index in [4.69, 9.17) is 10.5 Å². The SMILES string of the molecule is COCC(C)(C)N1Cc2cccc(N)c2C1. The minimum atomic E-state index is 0.0558. The van der Waals surface area contributed by atoms with Crippen molar-refractivity contribution >= 4 is 5.69 Å². The van der Waals surface area contributed by atoms with Crippen LogP contribution in [-0.2, 0) is 17.8 Å². The Morgan fingerprint density at radius 1 is 1.38 bits per heavy atom. The average Bonchev–Trinajstić information content (AvgIpc) is 2.63. The number of nitrogen functional groups attached to an aromatic ring is 1. The van der Waals surface area contributed by atoms with Gasteiger partial charge in [-0.15, -0.1) is 0 Å². The van der Waals surface area contributed by atoms with Gasteiger partial charge in [0, 0.05) is 31.4 Å². The first-order valence-corrected chi connectivity index (χ1v) is 5.65. The molecule has 1 aromatic rings. The zero-order chi connectivity index (χ0) is 11.8. The van der Waals surface area contributed by atoms with Gasteiger partial charge >= 0.3 is 0 Å². The third kappa shape index (κ3) is 1.93. The maximum Gasteiger partial charge on any atom is 0.0641 e. The van der Waals surface area contributed by atoms with Crippen LogP contribution in [0.15, 0.2) is 18.2 Å². The third-order valence-corrected chi connectivity index (χ3v) is 3.37. The average molecular weight is 220 g/mol. The molecule has 1 aliphatic rings. The number of nitrogens with two attached hydrogens (primary N) is 1. The summed E-state index contributed by atoms with van der Waals surface area (Å²) >= 11 is 0. The van der Waals surface area contributed by atoms with Crippen LogP contribution < -0.4 is 5.73 Å². The van der Waals surface area contributed by atoms with Crippen molar-refractivity contribution in [1.29, 1.82) is 0 Å². The maximum atomic E-state index is 5.99. The van der Waals surface area contributed by atoms with E-state index in [0.29, 0.717) is 0 Å². The van der Waals surface area contributed by atoms with Crippen LogP contribution >= 0.6 is 0 Å². The molecule has 0 aliphatic carbocycles. The summed E-state index contributed by atoms with van der Waals surface area (Å²) in [5.74, 6) is 0. The van der Waals surface area contributed by atoms with E-state index in [-0.39, 0.29) is 5.54 Å². The first-order chi connectivity index (χ1) is 7.54. The summed E-state index contributed by atoms with van der Waals surface area (Å²) in [7, 11) is 1.75. The predicted octanol–water partition coefficient (Wildman–Crippen LogP) is 2.01. The quantitative estimate of drug-likeness (QED) is 0.792. The Labute approximate surface area is 97.2 Å². The molecule has 0 saturated carbocycles. The van der Waals surface area contributed by atoms with Gasteiger partial charge in [-0.25, -0.2) is 0 Å². The van der Waals surface area contributed by atoms with E-state index in [9.17, 15) is 0 Å². The van der Waals surface area contributed by atoms with E-state index in [2.05, 4.69) is 24.8 Å². The molecule has 2 rings (SSSR count). The fourth-order valence-electron chi connectivity index (χ4n) is 2.32. The standard InChI is InChI=1S/C13H20N2O/c1-13(2,9-16-3)15-7-10-5-4-6-12(14)11(10)8-15/h4-6H,7-9,14H2,1-3H3. The van der Waals surface area contributed by atoms with Gasteiger partial charge in [-0.1, -0.05) is 12.1 Å². The molecule has 0 fully saturated rings. The molecule has 16 heavy (non-hydrogen) atoms. The summed E-state index contributed by atoms with van der Waals surface area (Å²) in [5.41, 5.74) is 9.59. The Morgan fingerprint density at radius 3 is 2.75 bits per heavy atom. The maximum absolute atomic E-state index is 5.99. The number of hydrogen-bond donors (Lipinski definition) is 1. The molecular weight excluding hydrogens is 200 g/mol. The smallest absolute Gasteiger partial charge is 0.0641 e. The second-order valence-corrected chi connectivity index (χ2v) is 5.09. The minimum absolute atomic E-state index is 0.0558. The summed E-state index contributed by atoms with van der Waals surface area (Å²) in [6.07, 6.45) is 0. The van der Waals surface area contributed by atoms with Crippen molar-refractivity contribution in [2.75, 3.05) is 19.5 Å². The van der Waals surface area contributed by atoms with Crippen LogP contribution in [0.1, 0.15) is 25.0 Å². The number of ether oxygens (including phenoxy) is 1. The van der Waals surface area contributed by atoms with E-state index >= 15 is 0 Å². The first kappa shape index (κ1) is 11.4. The van der Waals surface area contributed by atoms with E-state index in [1.54, 1.807) is 7.11 Å². The second-order valence-electron chi connectivity index (χ2n) is 5.09. The van der Waals surface area contributed by atoms with Gasteiger partial charge in [0.1, 0.15) is 0 Å². The van der Waals surface area contributed by atoms with E-state index in [1.165, 1.54) is 11.1 Å². The number of benzene rings is 1. The normalized spacial score (nSPS) is 16.4. The number of fused-ring (bicyclic) bond motifs is 1. The van der Waals surface area contributed by atoms with Gasteiger partial charge in [0.05, 0.1) is 6.61 Å². The lowest BCUT2D eigenvalue weighted by Gasteiger charge is -2.34. The Balaban J connectivity index is 2.20. The number of methoxy groups -OCH3 is 1. The number of nitrogens with zero attached hydrogens (tertiary/aromatic N) is 1. The Hall–Kier alpha value is -1.06. The van der Waals surface area contributed by atoms with E-state index in [0.717, 1.165) is 25.4 Å². The summed E-state index contributed by atoms with van der Waals surface area (Å²) < 4.78 is 5.28. The van der Waals surface area contributed by atoms with Crippen molar-refractivity contribution < 1.29 is 4.74 Å². The molecule has 0 radical (unpaired) electrons. The third-order valence-electron chi connectivity index (χ3n) is 3.37. The number of anilines is 1. The van der Waals surface area contributed by atoms with E-state index < -0.39 is 0 Å². The molecule has 3 nitrogen and oxygen atoms in total. The van der Waals surface area contributed by atoms with Gasteiger partial charge in [-0.3, -0.25) is 4.90 Å². The van der Waals surface area contributed by atoms with Gasteiger partial charge < -0.3 is 10.5 Å². The van der Waals surface area contributed by atoms with Crippen molar-refractivity contribution in [2.45, 2.75) is 32.5 Å².